The van der Waals surface area contributed by atoms with Crippen LogP contribution < -0.4 is 5.32 Å². The molecule has 0 aromatic carbocycles. The molecular weight excluding hydrogens is 362 g/mol. The van der Waals surface area contributed by atoms with E-state index >= 15 is 0 Å². The first-order chi connectivity index (χ1) is 12.7. The van der Waals surface area contributed by atoms with Gasteiger partial charge in [0.05, 0.1) is 0 Å². The summed E-state index contributed by atoms with van der Waals surface area (Å²) in [6.07, 6.45) is 11.9. The maximum Gasteiger partial charge on any atom is 0.226 e. The molecule has 5 nitrogen and oxygen atoms in total. The molecule has 0 aromatic rings. The molecule has 0 bridgehead atoms. The van der Waals surface area contributed by atoms with Gasteiger partial charge in [-0.15, -0.1) is 12.4 Å². The second-order valence-electron chi connectivity index (χ2n) is 9.12. The Kier molecular flexibility index (Phi) is 7.07. The van der Waals surface area contributed by atoms with E-state index in [1.165, 1.54) is 32.1 Å². The van der Waals surface area contributed by atoms with Crippen LogP contribution in [0.25, 0.3) is 0 Å². The molecule has 1 atom stereocenters. The number of rotatable bonds is 4. The lowest BCUT2D eigenvalue weighted by Crippen LogP contribution is -2.51. The number of carbonyl (C=O) groups excluding carboxylic acids is 2. The van der Waals surface area contributed by atoms with Gasteiger partial charge in [0, 0.05) is 38.5 Å². The fraction of sp³-hybridized carbons (Fsp3) is 0.905. The third-order valence-corrected chi connectivity index (χ3v) is 7.52. The largest absolute Gasteiger partial charge is 0.339 e. The van der Waals surface area contributed by atoms with Crippen LogP contribution in [-0.4, -0.2) is 60.9 Å². The highest BCUT2D eigenvalue weighted by Gasteiger charge is 2.58. The van der Waals surface area contributed by atoms with Crippen LogP contribution in [0.5, 0.6) is 0 Å². The lowest BCUT2D eigenvalue weighted by Gasteiger charge is -2.36. The van der Waals surface area contributed by atoms with Crippen LogP contribution in [0.3, 0.4) is 0 Å². The molecule has 2 amide bonds. The van der Waals surface area contributed by atoms with Gasteiger partial charge in [-0.3, -0.25) is 9.59 Å². The second kappa shape index (κ2) is 9.13. The summed E-state index contributed by atoms with van der Waals surface area (Å²) < 4.78 is 0. The number of piperidine rings is 1. The number of nitrogens with zero attached hydrogens (tertiary/aromatic N) is 2. The Balaban J connectivity index is 0.00000210. The molecule has 1 spiro atoms. The molecular formula is C21H36ClN3O2. The summed E-state index contributed by atoms with van der Waals surface area (Å²) in [5.41, 5.74) is 0.315. The van der Waals surface area contributed by atoms with Gasteiger partial charge in [-0.2, -0.15) is 0 Å². The first-order valence-electron chi connectivity index (χ1n) is 11.0. The molecule has 1 unspecified atom stereocenters. The third-order valence-electron chi connectivity index (χ3n) is 7.52. The van der Waals surface area contributed by atoms with E-state index in [-0.39, 0.29) is 18.3 Å². The van der Waals surface area contributed by atoms with Gasteiger partial charge in [0.25, 0.3) is 0 Å². The molecule has 4 rings (SSSR count). The van der Waals surface area contributed by atoms with Crippen LogP contribution in [0.4, 0.5) is 0 Å². The summed E-state index contributed by atoms with van der Waals surface area (Å²) in [5, 5.41) is 3.40. The normalized spacial score (nSPS) is 27.9. The molecule has 27 heavy (non-hydrogen) atoms. The minimum absolute atomic E-state index is 0. The molecule has 2 saturated carbocycles. The molecule has 0 radical (unpaired) electrons. The van der Waals surface area contributed by atoms with E-state index < -0.39 is 0 Å². The predicted molar refractivity (Wildman–Crippen MR) is 109 cm³/mol. The summed E-state index contributed by atoms with van der Waals surface area (Å²) in [4.78, 5) is 29.4. The van der Waals surface area contributed by atoms with Crippen LogP contribution in [0.1, 0.15) is 64.2 Å². The molecule has 6 heteroatoms. The fourth-order valence-corrected chi connectivity index (χ4v) is 5.53. The molecule has 1 N–H and O–H groups in total. The van der Waals surface area contributed by atoms with Crippen LogP contribution >= 0.6 is 12.4 Å². The topological polar surface area (TPSA) is 52.7 Å². The highest BCUT2D eigenvalue weighted by molar-refractivity contribution is 5.85. The molecule has 4 aliphatic rings. The van der Waals surface area contributed by atoms with Gasteiger partial charge in [0.2, 0.25) is 11.8 Å². The monoisotopic (exact) mass is 397 g/mol. The molecule has 2 aliphatic carbocycles. The zero-order valence-electron chi connectivity index (χ0n) is 16.6. The van der Waals surface area contributed by atoms with Crippen molar-refractivity contribution in [1.82, 2.24) is 15.1 Å². The number of halogens is 1. The van der Waals surface area contributed by atoms with Gasteiger partial charge >= 0.3 is 0 Å². The minimum Gasteiger partial charge on any atom is -0.339 e. The number of carbonyl (C=O) groups is 2. The van der Waals surface area contributed by atoms with Gasteiger partial charge < -0.3 is 15.1 Å². The van der Waals surface area contributed by atoms with Crippen LogP contribution in [0.2, 0.25) is 0 Å². The number of nitrogens with one attached hydrogen (secondary N) is 1. The van der Waals surface area contributed by atoms with Crippen molar-refractivity contribution in [3.05, 3.63) is 0 Å². The Labute approximate surface area is 170 Å². The Morgan fingerprint density at radius 3 is 2.22 bits per heavy atom. The van der Waals surface area contributed by atoms with Gasteiger partial charge in [0.15, 0.2) is 0 Å². The van der Waals surface area contributed by atoms with Gasteiger partial charge in [-0.05, 0) is 50.1 Å². The van der Waals surface area contributed by atoms with Gasteiger partial charge in [-0.25, -0.2) is 0 Å². The Hall–Kier alpha value is -0.810. The summed E-state index contributed by atoms with van der Waals surface area (Å²) >= 11 is 0. The van der Waals surface area contributed by atoms with Crippen molar-refractivity contribution in [3.63, 3.8) is 0 Å². The predicted octanol–water partition coefficient (Wildman–Crippen LogP) is 2.83. The van der Waals surface area contributed by atoms with E-state index in [4.69, 9.17) is 0 Å². The first kappa shape index (κ1) is 20.9. The quantitative estimate of drug-likeness (QED) is 0.793. The lowest BCUT2D eigenvalue weighted by atomic mass is 9.86. The van der Waals surface area contributed by atoms with Crippen molar-refractivity contribution in [2.45, 2.75) is 64.2 Å². The molecule has 154 valence electrons. The minimum atomic E-state index is 0. The SMILES string of the molecule is Cl.O=C(CCC1CCCCC1)N1CCN(C(=O)C2CC23CCNCC3)CC1. The molecule has 2 heterocycles. The number of piperazine rings is 1. The summed E-state index contributed by atoms with van der Waals surface area (Å²) in [6, 6.07) is 0. The van der Waals surface area contributed by atoms with Crippen molar-refractivity contribution in [1.29, 1.82) is 0 Å². The Morgan fingerprint density at radius 2 is 1.56 bits per heavy atom. The van der Waals surface area contributed by atoms with Gasteiger partial charge in [0.1, 0.15) is 0 Å². The van der Waals surface area contributed by atoms with E-state index in [1.807, 2.05) is 9.80 Å². The van der Waals surface area contributed by atoms with Crippen LogP contribution in [-0.2, 0) is 9.59 Å². The maximum atomic E-state index is 12.8. The highest BCUT2D eigenvalue weighted by atomic mass is 35.5. The second-order valence-corrected chi connectivity index (χ2v) is 9.12. The smallest absolute Gasteiger partial charge is 0.226 e. The number of hydrogen-bond acceptors (Lipinski definition) is 3. The summed E-state index contributed by atoms with van der Waals surface area (Å²) in [6.45, 7) is 5.06. The van der Waals surface area contributed by atoms with Crippen LogP contribution in [0.15, 0.2) is 0 Å². The Bertz CT molecular complexity index is 522. The van der Waals surface area contributed by atoms with Crippen molar-refractivity contribution in [2.24, 2.45) is 17.3 Å². The molecule has 4 fully saturated rings. The number of amides is 2. The maximum absolute atomic E-state index is 12.8. The zero-order chi connectivity index (χ0) is 18.0. The third kappa shape index (κ3) is 4.79. The molecule has 0 aromatic heterocycles. The van der Waals surface area contributed by atoms with E-state index in [0.29, 0.717) is 23.7 Å². The van der Waals surface area contributed by atoms with E-state index in [1.54, 1.807) is 0 Å². The number of hydrogen-bond donors (Lipinski definition) is 1. The zero-order valence-corrected chi connectivity index (χ0v) is 17.4. The first-order valence-corrected chi connectivity index (χ1v) is 11.0. The van der Waals surface area contributed by atoms with Crippen molar-refractivity contribution in [2.75, 3.05) is 39.3 Å². The summed E-state index contributed by atoms with van der Waals surface area (Å²) in [5.74, 6) is 1.70. The van der Waals surface area contributed by atoms with Crippen LogP contribution in [0, 0.1) is 17.3 Å². The average molecular weight is 398 g/mol. The molecule has 2 saturated heterocycles. The summed E-state index contributed by atoms with van der Waals surface area (Å²) in [7, 11) is 0. The van der Waals surface area contributed by atoms with Crippen molar-refractivity contribution in [3.8, 4) is 0 Å². The Morgan fingerprint density at radius 1 is 0.926 bits per heavy atom. The van der Waals surface area contributed by atoms with E-state index in [9.17, 15) is 9.59 Å². The standard InChI is InChI=1S/C21H35N3O2.ClH/c25-19(7-6-17-4-2-1-3-5-17)23-12-14-24(15-13-23)20(26)18-16-21(18)8-10-22-11-9-21;/h17-18,22H,1-16H2;1H. The van der Waals surface area contributed by atoms with Gasteiger partial charge in [-0.1, -0.05) is 32.1 Å². The van der Waals surface area contributed by atoms with Crippen molar-refractivity contribution < 1.29 is 9.59 Å². The van der Waals surface area contributed by atoms with E-state index in [0.717, 1.165) is 70.9 Å². The highest BCUT2D eigenvalue weighted by Crippen LogP contribution is 2.59. The average Bonchev–Trinajstić information content (AvgIpc) is 3.39. The molecule has 2 aliphatic heterocycles. The lowest BCUT2D eigenvalue weighted by molar-refractivity contribution is -0.141. The van der Waals surface area contributed by atoms with Crippen molar-refractivity contribution >= 4 is 24.2 Å². The fourth-order valence-electron chi connectivity index (χ4n) is 5.53. The van der Waals surface area contributed by atoms with E-state index in [2.05, 4.69) is 5.32 Å².